The topological polar surface area (TPSA) is 57.6 Å². The van der Waals surface area contributed by atoms with Crippen molar-refractivity contribution in [2.75, 3.05) is 6.54 Å². The smallest absolute Gasteiger partial charge is 0.308 e. The molecule has 0 aromatic heterocycles. The summed E-state index contributed by atoms with van der Waals surface area (Å²) in [4.78, 5) is 26.2. The first-order valence-corrected chi connectivity index (χ1v) is 8.11. The van der Waals surface area contributed by atoms with Crippen LogP contribution in [-0.4, -0.2) is 34.5 Å². The van der Waals surface area contributed by atoms with Crippen molar-refractivity contribution in [2.24, 2.45) is 11.3 Å². The lowest BCUT2D eigenvalue weighted by Crippen LogP contribution is -2.51. The molecule has 1 aromatic carbocycles. The molecule has 4 heteroatoms. The molecule has 3 rings (SSSR count). The Morgan fingerprint density at radius 1 is 1.27 bits per heavy atom. The first-order chi connectivity index (χ1) is 10.5. The van der Waals surface area contributed by atoms with Gasteiger partial charge in [-0.2, -0.15) is 0 Å². The van der Waals surface area contributed by atoms with E-state index in [2.05, 4.69) is 12.1 Å². The van der Waals surface area contributed by atoms with Crippen LogP contribution in [-0.2, 0) is 16.0 Å². The number of carboxylic acid groups (broad SMARTS) is 1. The van der Waals surface area contributed by atoms with Gasteiger partial charge in [-0.3, -0.25) is 9.59 Å². The van der Waals surface area contributed by atoms with E-state index in [1.807, 2.05) is 30.0 Å². The standard InChI is InChI=1S/C18H23NO3/c1-13-15(16(20)21)8-11-19(13)17(22)18(9-5-10-18)12-14-6-3-2-4-7-14/h2-4,6-7,13,15H,5,8-12H2,1H3,(H,20,21). The van der Waals surface area contributed by atoms with Crippen molar-refractivity contribution in [3.05, 3.63) is 35.9 Å². The van der Waals surface area contributed by atoms with Crippen molar-refractivity contribution in [1.82, 2.24) is 4.90 Å². The van der Waals surface area contributed by atoms with Gasteiger partial charge in [-0.1, -0.05) is 36.8 Å². The molecule has 2 fully saturated rings. The number of hydrogen-bond donors (Lipinski definition) is 1. The van der Waals surface area contributed by atoms with Gasteiger partial charge in [-0.15, -0.1) is 0 Å². The minimum atomic E-state index is -0.784. The molecular weight excluding hydrogens is 278 g/mol. The van der Waals surface area contributed by atoms with Gasteiger partial charge >= 0.3 is 5.97 Å². The Morgan fingerprint density at radius 2 is 1.95 bits per heavy atom. The van der Waals surface area contributed by atoms with Crippen molar-refractivity contribution < 1.29 is 14.7 Å². The molecule has 4 nitrogen and oxygen atoms in total. The Bertz CT molecular complexity index is 565. The minimum Gasteiger partial charge on any atom is -0.481 e. The van der Waals surface area contributed by atoms with E-state index in [-0.39, 0.29) is 17.4 Å². The van der Waals surface area contributed by atoms with Crippen LogP contribution >= 0.6 is 0 Å². The van der Waals surface area contributed by atoms with Crippen LogP contribution in [0, 0.1) is 11.3 Å². The third-order valence-corrected chi connectivity index (χ3v) is 5.48. The first kappa shape index (κ1) is 15.1. The second-order valence-electron chi connectivity index (χ2n) is 6.77. The predicted octanol–water partition coefficient (Wildman–Crippen LogP) is 2.72. The van der Waals surface area contributed by atoms with Crippen molar-refractivity contribution >= 4 is 11.9 Å². The molecule has 0 radical (unpaired) electrons. The fraction of sp³-hybridized carbons (Fsp3) is 0.556. The van der Waals surface area contributed by atoms with Gasteiger partial charge in [0, 0.05) is 12.6 Å². The second kappa shape index (κ2) is 5.75. The zero-order chi connectivity index (χ0) is 15.7. The summed E-state index contributed by atoms with van der Waals surface area (Å²) in [5, 5.41) is 9.25. The van der Waals surface area contributed by atoms with E-state index in [4.69, 9.17) is 0 Å². The van der Waals surface area contributed by atoms with Gasteiger partial charge in [0.05, 0.1) is 11.3 Å². The molecule has 2 aliphatic rings. The Labute approximate surface area is 131 Å². The molecule has 0 bridgehead atoms. The summed E-state index contributed by atoms with van der Waals surface area (Å²) in [6.45, 7) is 2.45. The van der Waals surface area contributed by atoms with Crippen LogP contribution in [0.1, 0.15) is 38.2 Å². The molecule has 118 valence electrons. The monoisotopic (exact) mass is 301 g/mol. The van der Waals surface area contributed by atoms with Gasteiger partial charge < -0.3 is 10.0 Å². The number of likely N-dealkylation sites (tertiary alicyclic amines) is 1. The molecule has 0 spiro atoms. The lowest BCUT2D eigenvalue weighted by atomic mass is 9.64. The van der Waals surface area contributed by atoms with Crippen LogP contribution in [0.3, 0.4) is 0 Å². The number of rotatable bonds is 4. The van der Waals surface area contributed by atoms with Crippen molar-refractivity contribution in [3.8, 4) is 0 Å². The zero-order valence-electron chi connectivity index (χ0n) is 13.0. The molecule has 22 heavy (non-hydrogen) atoms. The van der Waals surface area contributed by atoms with Crippen LogP contribution in [0.25, 0.3) is 0 Å². The van der Waals surface area contributed by atoms with Gasteiger partial charge in [0.15, 0.2) is 0 Å². The van der Waals surface area contributed by atoms with E-state index >= 15 is 0 Å². The zero-order valence-corrected chi connectivity index (χ0v) is 13.0. The third kappa shape index (κ3) is 2.51. The molecule has 1 N–H and O–H groups in total. The fourth-order valence-corrected chi connectivity index (χ4v) is 3.92. The number of benzene rings is 1. The lowest BCUT2D eigenvalue weighted by molar-refractivity contribution is -0.150. The third-order valence-electron chi connectivity index (χ3n) is 5.48. The molecule has 2 atom stereocenters. The van der Waals surface area contributed by atoms with Crippen LogP contribution < -0.4 is 0 Å². The second-order valence-corrected chi connectivity index (χ2v) is 6.77. The summed E-state index contributed by atoms with van der Waals surface area (Å²) in [6.07, 6.45) is 4.27. The number of carbonyl (C=O) groups excluding carboxylic acids is 1. The summed E-state index contributed by atoms with van der Waals surface area (Å²) in [5.41, 5.74) is 0.889. The SMILES string of the molecule is CC1C(C(=O)O)CCN1C(=O)C1(Cc2ccccc2)CCC1. The predicted molar refractivity (Wildman–Crippen MR) is 83.3 cm³/mol. The fourth-order valence-electron chi connectivity index (χ4n) is 3.92. The molecule has 1 amide bonds. The highest BCUT2D eigenvalue weighted by atomic mass is 16.4. The highest BCUT2D eigenvalue weighted by Gasteiger charge is 2.49. The minimum absolute atomic E-state index is 0.166. The number of hydrogen-bond acceptors (Lipinski definition) is 2. The van der Waals surface area contributed by atoms with Crippen LogP contribution in [0.5, 0.6) is 0 Å². The van der Waals surface area contributed by atoms with Crippen LogP contribution in [0.2, 0.25) is 0 Å². The summed E-state index contributed by atoms with van der Waals surface area (Å²) >= 11 is 0. The van der Waals surface area contributed by atoms with Crippen molar-refractivity contribution in [2.45, 2.75) is 45.1 Å². The number of nitrogens with zero attached hydrogens (tertiary/aromatic N) is 1. The Hall–Kier alpha value is -1.84. The summed E-state index contributed by atoms with van der Waals surface area (Å²) in [7, 11) is 0. The molecule has 1 aliphatic carbocycles. The molecule has 1 aliphatic heterocycles. The maximum absolute atomic E-state index is 13.1. The van der Waals surface area contributed by atoms with E-state index in [9.17, 15) is 14.7 Å². The lowest BCUT2D eigenvalue weighted by Gasteiger charge is -2.44. The maximum Gasteiger partial charge on any atom is 0.308 e. The van der Waals surface area contributed by atoms with Crippen molar-refractivity contribution in [3.63, 3.8) is 0 Å². The van der Waals surface area contributed by atoms with Crippen LogP contribution in [0.4, 0.5) is 0 Å². The summed E-state index contributed by atoms with van der Waals surface area (Å²) < 4.78 is 0. The average Bonchev–Trinajstić information content (AvgIpc) is 2.85. The molecule has 1 saturated carbocycles. The summed E-state index contributed by atoms with van der Waals surface area (Å²) in [6, 6.07) is 9.94. The molecular formula is C18H23NO3. The first-order valence-electron chi connectivity index (χ1n) is 8.11. The van der Waals surface area contributed by atoms with Crippen LogP contribution in [0.15, 0.2) is 30.3 Å². The average molecular weight is 301 g/mol. The highest BCUT2D eigenvalue weighted by molar-refractivity contribution is 5.85. The van der Waals surface area contributed by atoms with E-state index in [0.29, 0.717) is 13.0 Å². The maximum atomic E-state index is 13.1. The molecule has 2 unspecified atom stereocenters. The van der Waals surface area contributed by atoms with E-state index in [1.54, 1.807) is 0 Å². The number of carboxylic acids is 1. The van der Waals surface area contributed by atoms with E-state index in [0.717, 1.165) is 25.7 Å². The van der Waals surface area contributed by atoms with E-state index in [1.165, 1.54) is 5.56 Å². The number of carbonyl (C=O) groups is 2. The normalized spacial score (nSPS) is 26.5. The Kier molecular flexibility index (Phi) is 3.94. The highest BCUT2D eigenvalue weighted by Crippen LogP contribution is 2.46. The quantitative estimate of drug-likeness (QED) is 0.930. The van der Waals surface area contributed by atoms with Gasteiger partial charge in [-0.25, -0.2) is 0 Å². The van der Waals surface area contributed by atoms with Gasteiger partial charge in [-0.05, 0) is 38.2 Å². The molecule has 1 saturated heterocycles. The van der Waals surface area contributed by atoms with E-state index < -0.39 is 11.9 Å². The Morgan fingerprint density at radius 3 is 2.45 bits per heavy atom. The molecule has 1 heterocycles. The Balaban J connectivity index is 1.76. The van der Waals surface area contributed by atoms with Gasteiger partial charge in [0.2, 0.25) is 5.91 Å². The van der Waals surface area contributed by atoms with Gasteiger partial charge in [0.1, 0.15) is 0 Å². The summed E-state index contributed by atoms with van der Waals surface area (Å²) in [5.74, 6) is -1.04. The van der Waals surface area contributed by atoms with Crippen molar-refractivity contribution in [1.29, 1.82) is 0 Å². The number of aliphatic carboxylic acids is 1. The van der Waals surface area contributed by atoms with Gasteiger partial charge in [0.25, 0.3) is 0 Å². The largest absolute Gasteiger partial charge is 0.481 e. The number of amides is 1. The molecule has 1 aromatic rings.